The van der Waals surface area contributed by atoms with Crippen molar-refractivity contribution in [2.75, 3.05) is 6.61 Å². The topological polar surface area (TPSA) is 67.4 Å². The Morgan fingerprint density at radius 2 is 1.72 bits per heavy atom. The molecule has 0 heterocycles. The zero-order chi connectivity index (χ0) is 18.4. The van der Waals surface area contributed by atoms with Crippen molar-refractivity contribution in [1.82, 2.24) is 10.9 Å². The van der Waals surface area contributed by atoms with Crippen molar-refractivity contribution in [1.29, 1.82) is 0 Å². The Bertz CT molecular complexity index is 781. The summed E-state index contributed by atoms with van der Waals surface area (Å²) in [6, 6.07) is 11.7. The van der Waals surface area contributed by atoms with E-state index >= 15 is 0 Å². The predicted octanol–water partition coefficient (Wildman–Crippen LogP) is 4.21. The molecule has 0 radical (unpaired) electrons. The molecule has 0 fully saturated rings. The molecule has 0 aliphatic carbocycles. The molecule has 7 heteroatoms. The maximum absolute atomic E-state index is 12.4. The second-order valence-corrected chi connectivity index (χ2v) is 7.06. The maximum atomic E-state index is 12.4. The first-order chi connectivity index (χ1) is 11.9. The molecule has 2 N–H and O–H groups in total. The van der Waals surface area contributed by atoms with Crippen LogP contribution in [0, 0.1) is 5.92 Å². The van der Waals surface area contributed by atoms with Crippen LogP contribution >= 0.6 is 27.5 Å². The van der Waals surface area contributed by atoms with E-state index in [1.807, 2.05) is 13.8 Å². The Morgan fingerprint density at radius 3 is 2.36 bits per heavy atom. The van der Waals surface area contributed by atoms with E-state index in [0.717, 1.165) is 4.47 Å². The molecule has 25 heavy (non-hydrogen) atoms. The highest BCUT2D eigenvalue weighted by Gasteiger charge is 2.16. The molecule has 132 valence electrons. The SMILES string of the molecule is CC(C)COc1ccc(Br)cc1C(=O)NNC(=O)c1ccccc1Cl. The number of hydrogen-bond acceptors (Lipinski definition) is 3. The number of halogens is 2. The Labute approximate surface area is 159 Å². The second kappa shape index (κ2) is 8.87. The Morgan fingerprint density at radius 1 is 1.08 bits per heavy atom. The molecule has 0 spiro atoms. The van der Waals surface area contributed by atoms with E-state index in [9.17, 15) is 9.59 Å². The van der Waals surface area contributed by atoms with E-state index in [1.165, 1.54) is 0 Å². The number of ether oxygens (including phenoxy) is 1. The van der Waals surface area contributed by atoms with Gasteiger partial charge in [0.2, 0.25) is 0 Å². The van der Waals surface area contributed by atoms with Crippen LogP contribution in [0.1, 0.15) is 34.6 Å². The molecule has 2 aromatic rings. The second-order valence-electron chi connectivity index (χ2n) is 5.73. The third kappa shape index (κ3) is 5.47. The third-order valence-electron chi connectivity index (χ3n) is 3.17. The Hall–Kier alpha value is -2.05. The minimum atomic E-state index is -0.501. The number of rotatable bonds is 5. The van der Waals surface area contributed by atoms with Gasteiger partial charge in [0.05, 0.1) is 22.8 Å². The van der Waals surface area contributed by atoms with Crippen LogP contribution < -0.4 is 15.6 Å². The zero-order valence-corrected chi connectivity index (χ0v) is 16.1. The molecule has 2 amide bonds. The van der Waals surface area contributed by atoms with Crippen molar-refractivity contribution >= 4 is 39.3 Å². The normalized spacial score (nSPS) is 10.4. The number of carbonyl (C=O) groups is 2. The van der Waals surface area contributed by atoms with E-state index < -0.39 is 11.8 Å². The molecule has 0 atom stereocenters. The minimum Gasteiger partial charge on any atom is -0.492 e. The van der Waals surface area contributed by atoms with E-state index in [4.69, 9.17) is 16.3 Å². The monoisotopic (exact) mass is 424 g/mol. The standard InChI is InChI=1S/C18H18BrClN2O3/c1-11(2)10-25-16-8-7-12(19)9-14(16)18(24)22-21-17(23)13-5-3-4-6-15(13)20/h3-9,11H,10H2,1-2H3,(H,21,23)(H,22,24). The molecule has 5 nitrogen and oxygen atoms in total. The van der Waals surface area contributed by atoms with E-state index in [2.05, 4.69) is 26.8 Å². The van der Waals surface area contributed by atoms with Gasteiger partial charge in [0.25, 0.3) is 11.8 Å². The van der Waals surface area contributed by atoms with Crippen LogP contribution in [0.5, 0.6) is 5.75 Å². The minimum absolute atomic E-state index is 0.273. The van der Waals surface area contributed by atoms with Gasteiger partial charge >= 0.3 is 0 Å². The molecule has 0 saturated heterocycles. The number of carbonyl (C=O) groups excluding carboxylic acids is 2. The van der Waals surface area contributed by atoms with Crippen LogP contribution in [0.15, 0.2) is 46.9 Å². The van der Waals surface area contributed by atoms with Crippen LogP contribution in [0.25, 0.3) is 0 Å². The van der Waals surface area contributed by atoms with Crippen molar-refractivity contribution < 1.29 is 14.3 Å². The lowest BCUT2D eigenvalue weighted by molar-refractivity contribution is 0.0844. The molecule has 2 aromatic carbocycles. The fourth-order valence-electron chi connectivity index (χ4n) is 1.96. The molecular formula is C18H18BrClN2O3. The van der Waals surface area contributed by atoms with Crippen molar-refractivity contribution in [3.05, 3.63) is 63.1 Å². The zero-order valence-electron chi connectivity index (χ0n) is 13.8. The highest BCUT2D eigenvalue weighted by molar-refractivity contribution is 9.10. The summed E-state index contributed by atoms with van der Waals surface area (Å²) in [7, 11) is 0. The molecule has 0 aliphatic rings. The summed E-state index contributed by atoms with van der Waals surface area (Å²) in [4.78, 5) is 24.5. The van der Waals surface area contributed by atoms with Gasteiger partial charge in [0, 0.05) is 4.47 Å². The molecule has 0 saturated carbocycles. The summed E-state index contributed by atoms with van der Waals surface area (Å²) >= 11 is 9.30. The van der Waals surface area contributed by atoms with E-state index in [-0.39, 0.29) is 5.56 Å². The lowest BCUT2D eigenvalue weighted by Gasteiger charge is -2.14. The van der Waals surface area contributed by atoms with Crippen LogP contribution in [0.4, 0.5) is 0 Å². The van der Waals surface area contributed by atoms with Crippen LogP contribution in [-0.2, 0) is 0 Å². The largest absolute Gasteiger partial charge is 0.492 e. The summed E-state index contributed by atoms with van der Waals surface area (Å²) in [5.41, 5.74) is 5.33. The Balaban J connectivity index is 2.09. The lowest BCUT2D eigenvalue weighted by Crippen LogP contribution is -2.41. The van der Waals surface area contributed by atoms with Gasteiger partial charge in [0.15, 0.2) is 0 Å². The van der Waals surface area contributed by atoms with Gasteiger partial charge in [-0.15, -0.1) is 0 Å². The van der Waals surface area contributed by atoms with E-state index in [1.54, 1.807) is 42.5 Å². The fraction of sp³-hybridized carbons (Fsp3) is 0.222. The number of hydrazine groups is 1. The van der Waals surface area contributed by atoms with Gasteiger partial charge in [-0.05, 0) is 36.2 Å². The van der Waals surface area contributed by atoms with Gasteiger partial charge in [0.1, 0.15) is 5.75 Å². The van der Waals surface area contributed by atoms with Crippen LogP contribution in [0.3, 0.4) is 0 Å². The predicted molar refractivity (Wildman–Crippen MR) is 101 cm³/mol. The average molecular weight is 426 g/mol. The van der Waals surface area contributed by atoms with Gasteiger partial charge in [-0.25, -0.2) is 0 Å². The Kier molecular flexibility index (Phi) is 6.84. The summed E-state index contributed by atoms with van der Waals surface area (Å²) < 4.78 is 6.40. The van der Waals surface area contributed by atoms with Gasteiger partial charge in [-0.3, -0.25) is 20.4 Å². The quantitative estimate of drug-likeness (QED) is 0.705. The first-order valence-corrected chi connectivity index (χ1v) is 8.83. The summed E-state index contributed by atoms with van der Waals surface area (Å²) in [6.07, 6.45) is 0. The van der Waals surface area contributed by atoms with Crippen molar-refractivity contribution in [3.8, 4) is 5.75 Å². The molecule has 0 aromatic heterocycles. The van der Waals surface area contributed by atoms with Crippen LogP contribution in [-0.4, -0.2) is 18.4 Å². The molecule has 0 aliphatic heterocycles. The first kappa shape index (κ1) is 19.3. The van der Waals surface area contributed by atoms with Crippen molar-refractivity contribution in [3.63, 3.8) is 0 Å². The molecular weight excluding hydrogens is 408 g/mol. The highest BCUT2D eigenvalue weighted by atomic mass is 79.9. The third-order valence-corrected chi connectivity index (χ3v) is 3.99. The van der Waals surface area contributed by atoms with Crippen molar-refractivity contribution in [2.24, 2.45) is 5.92 Å². The average Bonchev–Trinajstić information content (AvgIpc) is 2.58. The molecule has 2 rings (SSSR count). The van der Waals surface area contributed by atoms with Crippen LogP contribution in [0.2, 0.25) is 5.02 Å². The highest BCUT2D eigenvalue weighted by Crippen LogP contribution is 2.23. The summed E-state index contributed by atoms with van der Waals surface area (Å²) in [6.45, 7) is 4.51. The molecule has 0 unspecified atom stereocenters. The first-order valence-electron chi connectivity index (χ1n) is 7.66. The summed E-state index contributed by atoms with van der Waals surface area (Å²) in [5, 5.41) is 0.303. The molecule has 0 bridgehead atoms. The van der Waals surface area contributed by atoms with Gasteiger partial charge in [-0.1, -0.05) is 53.5 Å². The number of hydrogen-bond donors (Lipinski definition) is 2. The number of benzene rings is 2. The maximum Gasteiger partial charge on any atom is 0.273 e. The lowest BCUT2D eigenvalue weighted by atomic mass is 10.2. The number of amides is 2. The fourth-order valence-corrected chi connectivity index (χ4v) is 2.54. The van der Waals surface area contributed by atoms with E-state index in [0.29, 0.717) is 28.9 Å². The smallest absolute Gasteiger partial charge is 0.273 e. The van der Waals surface area contributed by atoms with Crippen molar-refractivity contribution in [2.45, 2.75) is 13.8 Å². The number of nitrogens with one attached hydrogen (secondary N) is 2. The summed E-state index contributed by atoms with van der Waals surface area (Å²) in [5.74, 6) is -0.222. The van der Waals surface area contributed by atoms with Gasteiger partial charge < -0.3 is 4.74 Å². The van der Waals surface area contributed by atoms with Gasteiger partial charge in [-0.2, -0.15) is 0 Å².